The van der Waals surface area contributed by atoms with E-state index in [0.29, 0.717) is 0 Å². The topological polar surface area (TPSA) is 58.3 Å². The minimum atomic E-state index is 0.0368. The van der Waals surface area contributed by atoms with Gasteiger partial charge < -0.3 is 10.2 Å². The van der Waals surface area contributed by atoms with E-state index in [-0.39, 0.29) is 16.5 Å². The Kier molecular flexibility index (Phi) is 2.38. The van der Waals surface area contributed by atoms with E-state index in [2.05, 4.69) is 5.10 Å². The molecule has 2 aromatic carbocycles. The van der Waals surface area contributed by atoms with E-state index in [1.807, 2.05) is 0 Å². The fourth-order valence-electron chi connectivity index (χ4n) is 1.78. The van der Waals surface area contributed by atoms with Crippen molar-refractivity contribution in [1.82, 2.24) is 9.78 Å². The number of aromatic hydroxyl groups is 2. The second kappa shape index (κ2) is 3.92. The van der Waals surface area contributed by atoms with E-state index in [9.17, 15) is 10.2 Å². The molecule has 0 amide bonds. The normalized spacial score (nSPS) is 10.9. The maximum Gasteiger partial charge on any atom is 0.134 e. The third kappa shape index (κ3) is 1.76. The molecule has 3 aromatic rings. The summed E-state index contributed by atoms with van der Waals surface area (Å²) < 4.78 is 1.65. The number of benzene rings is 2. The maximum atomic E-state index is 9.40. The number of rotatable bonds is 1. The van der Waals surface area contributed by atoms with Gasteiger partial charge in [0.2, 0.25) is 0 Å². The predicted octanol–water partition coefficient (Wildman–Crippen LogP) is 3.09. The van der Waals surface area contributed by atoms with Crippen LogP contribution in [-0.2, 0) is 0 Å². The van der Waals surface area contributed by atoms with Gasteiger partial charge in [-0.2, -0.15) is 5.10 Å². The van der Waals surface area contributed by atoms with E-state index in [1.165, 1.54) is 6.07 Å². The molecule has 3 rings (SSSR count). The highest BCUT2D eigenvalue weighted by atomic mass is 35.5. The van der Waals surface area contributed by atoms with Gasteiger partial charge in [0.25, 0.3) is 0 Å². The van der Waals surface area contributed by atoms with Gasteiger partial charge in [-0.05, 0) is 36.4 Å². The second-order valence-electron chi connectivity index (χ2n) is 3.95. The Morgan fingerprint density at radius 3 is 2.67 bits per heavy atom. The number of hydrogen-bond donors (Lipinski definition) is 2. The molecule has 0 unspecified atom stereocenters. The average Bonchev–Trinajstić information content (AvgIpc) is 2.75. The average molecular weight is 261 g/mol. The quantitative estimate of drug-likeness (QED) is 0.707. The highest BCUT2D eigenvalue weighted by molar-refractivity contribution is 6.32. The highest BCUT2D eigenvalue weighted by Crippen LogP contribution is 2.26. The molecule has 0 aliphatic rings. The van der Waals surface area contributed by atoms with Crippen molar-refractivity contribution in [3.8, 4) is 17.2 Å². The number of hydrogen-bond acceptors (Lipinski definition) is 3. The molecule has 0 atom stereocenters. The zero-order valence-corrected chi connectivity index (χ0v) is 9.96. The molecule has 18 heavy (non-hydrogen) atoms. The van der Waals surface area contributed by atoms with Crippen LogP contribution in [0.4, 0.5) is 0 Å². The number of phenols is 2. The van der Waals surface area contributed by atoms with Crippen LogP contribution in [0.5, 0.6) is 11.5 Å². The molecule has 0 radical (unpaired) electrons. The number of halogens is 1. The van der Waals surface area contributed by atoms with Gasteiger partial charge in [-0.15, -0.1) is 0 Å². The van der Waals surface area contributed by atoms with E-state index in [1.54, 1.807) is 41.2 Å². The fraction of sp³-hybridized carbons (Fsp3) is 0. The first-order valence-electron chi connectivity index (χ1n) is 5.31. The van der Waals surface area contributed by atoms with Crippen LogP contribution in [0.3, 0.4) is 0 Å². The molecule has 0 saturated carbocycles. The summed E-state index contributed by atoms with van der Waals surface area (Å²) in [6.45, 7) is 0. The molecule has 0 saturated heterocycles. The van der Waals surface area contributed by atoms with Gasteiger partial charge in [-0.1, -0.05) is 11.6 Å². The lowest BCUT2D eigenvalue weighted by atomic mass is 10.2. The molecule has 0 fully saturated rings. The van der Waals surface area contributed by atoms with Gasteiger partial charge in [0.05, 0.1) is 16.2 Å². The molecule has 2 N–H and O–H groups in total. The zero-order valence-electron chi connectivity index (χ0n) is 9.21. The van der Waals surface area contributed by atoms with Crippen molar-refractivity contribution < 1.29 is 10.2 Å². The van der Waals surface area contributed by atoms with Crippen molar-refractivity contribution in [2.45, 2.75) is 0 Å². The van der Waals surface area contributed by atoms with E-state index in [4.69, 9.17) is 11.6 Å². The fourth-order valence-corrected chi connectivity index (χ4v) is 1.96. The van der Waals surface area contributed by atoms with Crippen molar-refractivity contribution in [2.24, 2.45) is 0 Å². The van der Waals surface area contributed by atoms with E-state index in [0.717, 1.165) is 16.6 Å². The summed E-state index contributed by atoms with van der Waals surface area (Å²) in [6.07, 6.45) is 1.79. The first-order valence-corrected chi connectivity index (χ1v) is 5.68. The van der Waals surface area contributed by atoms with Crippen LogP contribution in [0, 0.1) is 0 Å². The van der Waals surface area contributed by atoms with Crippen LogP contribution in [0.25, 0.3) is 16.6 Å². The lowest BCUT2D eigenvalue weighted by Gasteiger charge is -2.02. The molecule has 90 valence electrons. The van der Waals surface area contributed by atoms with Crippen LogP contribution < -0.4 is 0 Å². The smallest absolute Gasteiger partial charge is 0.134 e. The minimum absolute atomic E-state index is 0.0368. The molecule has 5 heteroatoms. The summed E-state index contributed by atoms with van der Waals surface area (Å²) in [4.78, 5) is 0. The van der Waals surface area contributed by atoms with Crippen LogP contribution in [0.1, 0.15) is 0 Å². The van der Waals surface area contributed by atoms with Gasteiger partial charge in [0.15, 0.2) is 0 Å². The van der Waals surface area contributed by atoms with Gasteiger partial charge in [-0.3, -0.25) is 0 Å². The number of fused-ring (bicyclic) bond motifs is 1. The van der Waals surface area contributed by atoms with Gasteiger partial charge in [-0.25, -0.2) is 4.68 Å². The summed E-state index contributed by atoms with van der Waals surface area (Å²) in [6, 6.07) is 9.82. The molecule has 0 aliphatic carbocycles. The Morgan fingerprint density at radius 2 is 1.89 bits per heavy atom. The summed E-state index contributed by atoms with van der Waals surface area (Å²) in [5, 5.41) is 24.2. The monoisotopic (exact) mass is 260 g/mol. The Morgan fingerprint density at radius 1 is 1.06 bits per heavy atom. The van der Waals surface area contributed by atoms with Gasteiger partial charge in [0.1, 0.15) is 11.5 Å². The van der Waals surface area contributed by atoms with Crippen molar-refractivity contribution in [3.05, 3.63) is 47.6 Å². The standard InChI is InChI=1S/C13H9ClN2O2/c14-11-6-9(1-4-13(11)18)16-7-8-5-10(17)2-3-12(8)15-16/h1-7,17-18H. The van der Waals surface area contributed by atoms with Crippen LogP contribution >= 0.6 is 11.6 Å². The van der Waals surface area contributed by atoms with Crippen molar-refractivity contribution >= 4 is 22.5 Å². The summed E-state index contributed by atoms with van der Waals surface area (Å²) in [5.41, 5.74) is 1.52. The van der Waals surface area contributed by atoms with Crippen molar-refractivity contribution in [3.63, 3.8) is 0 Å². The third-order valence-electron chi connectivity index (χ3n) is 2.68. The van der Waals surface area contributed by atoms with Gasteiger partial charge >= 0.3 is 0 Å². The van der Waals surface area contributed by atoms with Crippen molar-refractivity contribution in [1.29, 1.82) is 0 Å². The SMILES string of the molecule is Oc1ccc2nn(-c3ccc(O)c(Cl)c3)cc2c1. The zero-order chi connectivity index (χ0) is 12.7. The lowest BCUT2D eigenvalue weighted by Crippen LogP contribution is -1.93. The molecule has 1 heterocycles. The second-order valence-corrected chi connectivity index (χ2v) is 4.36. The van der Waals surface area contributed by atoms with Crippen molar-refractivity contribution in [2.75, 3.05) is 0 Å². The first-order chi connectivity index (χ1) is 8.63. The summed E-state index contributed by atoms with van der Waals surface area (Å²) in [5.74, 6) is 0.237. The van der Waals surface area contributed by atoms with E-state index < -0.39 is 0 Å². The maximum absolute atomic E-state index is 9.40. The molecular formula is C13H9ClN2O2. The lowest BCUT2D eigenvalue weighted by molar-refractivity contribution is 0.475. The Hall–Kier alpha value is -2.20. The highest BCUT2D eigenvalue weighted by Gasteiger charge is 2.05. The number of aromatic nitrogens is 2. The van der Waals surface area contributed by atoms with Crippen LogP contribution in [-0.4, -0.2) is 20.0 Å². The predicted molar refractivity (Wildman–Crippen MR) is 69.4 cm³/mol. The minimum Gasteiger partial charge on any atom is -0.508 e. The number of phenolic OH excluding ortho intramolecular Hbond substituents is 2. The van der Waals surface area contributed by atoms with Gasteiger partial charge in [0, 0.05) is 11.6 Å². The largest absolute Gasteiger partial charge is 0.508 e. The molecule has 0 spiro atoms. The molecule has 0 bridgehead atoms. The molecule has 1 aromatic heterocycles. The Bertz CT molecular complexity index is 737. The number of nitrogens with zero attached hydrogens (tertiary/aromatic N) is 2. The van der Waals surface area contributed by atoms with E-state index >= 15 is 0 Å². The molecule has 0 aliphatic heterocycles. The Labute approximate surface area is 108 Å². The molecular weight excluding hydrogens is 252 g/mol. The molecule has 4 nitrogen and oxygen atoms in total. The van der Waals surface area contributed by atoms with Crippen LogP contribution in [0.2, 0.25) is 5.02 Å². The summed E-state index contributed by atoms with van der Waals surface area (Å²) in [7, 11) is 0. The van der Waals surface area contributed by atoms with Crippen LogP contribution in [0.15, 0.2) is 42.6 Å². The first kappa shape index (κ1) is 10.9. The third-order valence-corrected chi connectivity index (χ3v) is 2.99. The Balaban J connectivity index is 2.16. The summed E-state index contributed by atoms with van der Waals surface area (Å²) >= 11 is 5.86.